The van der Waals surface area contributed by atoms with Gasteiger partial charge in [-0.25, -0.2) is 4.98 Å². The lowest BCUT2D eigenvalue weighted by atomic mass is 9.96. The van der Waals surface area contributed by atoms with Gasteiger partial charge in [0.25, 0.3) is 0 Å². The van der Waals surface area contributed by atoms with E-state index in [4.69, 9.17) is 5.73 Å². The van der Waals surface area contributed by atoms with Crippen LogP contribution in [0.5, 0.6) is 0 Å². The second-order valence-electron chi connectivity index (χ2n) is 7.11. The molecule has 2 atom stereocenters. The zero-order valence-corrected chi connectivity index (χ0v) is 15.6. The van der Waals surface area contributed by atoms with Gasteiger partial charge in [-0.15, -0.1) is 0 Å². The Morgan fingerprint density at radius 2 is 2.04 bits per heavy atom. The average molecular weight is 366 g/mol. The zero-order chi connectivity index (χ0) is 19.2. The van der Waals surface area contributed by atoms with E-state index in [9.17, 15) is 9.59 Å². The monoisotopic (exact) mass is 366 g/mol. The predicted molar refractivity (Wildman–Crippen MR) is 105 cm³/mol. The number of likely N-dealkylation sites (tertiary alicyclic amines) is 1. The highest BCUT2D eigenvalue weighted by Gasteiger charge is 2.29. The maximum Gasteiger partial charge on any atom is 0.230 e. The largest absolute Gasteiger partial charge is 0.342 e. The Kier molecular flexibility index (Phi) is 6.19. The van der Waals surface area contributed by atoms with Crippen molar-refractivity contribution in [2.75, 3.05) is 18.4 Å². The van der Waals surface area contributed by atoms with E-state index in [2.05, 4.69) is 10.3 Å². The van der Waals surface area contributed by atoms with Crippen LogP contribution in [0, 0.1) is 12.8 Å². The SMILES string of the molecule is Cc1ccc(NC(=O)C2CCCN(C(=O)CC(N)c3ccccc3)C2)nc1. The third-order valence-corrected chi connectivity index (χ3v) is 4.93. The summed E-state index contributed by atoms with van der Waals surface area (Å²) in [5, 5.41) is 2.85. The number of piperidine rings is 1. The molecular weight excluding hydrogens is 340 g/mol. The molecule has 1 aromatic heterocycles. The molecular formula is C21H26N4O2. The number of carbonyl (C=O) groups excluding carboxylic acids is 2. The lowest BCUT2D eigenvalue weighted by Crippen LogP contribution is -2.44. The summed E-state index contributed by atoms with van der Waals surface area (Å²) in [6, 6.07) is 13.0. The molecule has 6 nitrogen and oxygen atoms in total. The van der Waals surface area contributed by atoms with Crippen molar-refractivity contribution < 1.29 is 9.59 Å². The van der Waals surface area contributed by atoms with Crippen LogP contribution in [0.1, 0.15) is 36.4 Å². The van der Waals surface area contributed by atoms with Gasteiger partial charge in [0.15, 0.2) is 0 Å². The Hall–Kier alpha value is -2.73. The van der Waals surface area contributed by atoms with E-state index in [-0.39, 0.29) is 30.2 Å². The van der Waals surface area contributed by atoms with E-state index in [1.54, 1.807) is 17.2 Å². The zero-order valence-electron chi connectivity index (χ0n) is 15.6. The molecule has 3 rings (SSSR count). The number of nitrogens with zero attached hydrogens (tertiary/aromatic N) is 2. The van der Waals surface area contributed by atoms with Crippen molar-refractivity contribution in [3.05, 3.63) is 59.8 Å². The number of benzene rings is 1. The lowest BCUT2D eigenvalue weighted by Gasteiger charge is -2.32. The smallest absolute Gasteiger partial charge is 0.230 e. The molecule has 142 valence electrons. The van der Waals surface area contributed by atoms with E-state index in [1.165, 1.54) is 0 Å². The number of rotatable bonds is 5. The van der Waals surface area contributed by atoms with Crippen LogP contribution < -0.4 is 11.1 Å². The number of hydrogen-bond donors (Lipinski definition) is 2. The molecule has 1 fully saturated rings. The molecule has 0 bridgehead atoms. The maximum atomic E-state index is 12.6. The third kappa shape index (κ3) is 5.14. The molecule has 3 N–H and O–H groups in total. The first-order valence-corrected chi connectivity index (χ1v) is 9.35. The summed E-state index contributed by atoms with van der Waals surface area (Å²) >= 11 is 0. The van der Waals surface area contributed by atoms with Crippen molar-refractivity contribution in [2.45, 2.75) is 32.2 Å². The van der Waals surface area contributed by atoms with Crippen LogP contribution >= 0.6 is 0 Å². The molecule has 2 amide bonds. The molecule has 27 heavy (non-hydrogen) atoms. The molecule has 0 radical (unpaired) electrons. The predicted octanol–water partition coefficient (Wildman–Crippen LogP) is 2.66. The summed E-state index contributed by atoms with van der Waals surface area (Å²) in [6.07, 6.45) is 3.55. The van der Waals surface area contributed by atoms with Crippen LogP contribution in [0.15, 0.2) is 48.7 Å². The number of nitrogens with two attached hydrogens (primary N) is 1. The van der Waals surface area contributed by atoms with Crippen LogP contribution in [0.2, 0.25) is 0 Å². The molecule has 2 heterocycles. The standard InChI is InChI=1S/C21H26N4O2/c1-15-9-10-19(23-13-15)24-21(27)17-8-5-11-25(14-17)20(26)12-18(22)16-6-3-2-4-7-16/h2-4,6-7,9-10,13,17-18H,5,8,11-12,14,22H2,1H3,(H,23,24,27). The normalized spacial score (nSPS) is 18.0. The molecule has 6 heteroatoms. The summed E-state index contributed by atoms with van der Waals surface area (Å²) in [4.78, 5) is 31.2. The van der Waals surface area contributed by atoms with E-state index in [0.29, 0.717) is 18.9 Å². The topological polar surface area (TPSA) is 88.3 Å². The van der Waals surface area contributed by atoms with Gasteiger partial charge < -0.3 is 16.0 Å². The highest BCUT2D eigenvalue weighted by atomic mass is 16.2. The van der Waals surface area contributed by atoms with Crippen molar-refractivity contribution in [2.24, 2.45) is 11.7 Å². The number of anilines is 1. The fraction of sp³-hybridized carbons (Fsp3) is 0.381. The van der Waals surface area contributed by atoms with Crippen LogP contribution in [0.3, 0.4) is 0 Å². The Morgan fingerprint density at radius 1 is 1.26 bits per heavy atom. The number of aromatic nitrogens is 1. The minimum absolute atomic E-state index is 0.00249. The summed E-state index contributed by atoms with van der Waals surface area (Å²) in [7, 11) is 0. The Balaban J connectivity index is 1.55. The molecule has 2 unspecified atom stereocenters. The van der Waals surface area contributed by atoms with Gasteiger partial charge in [-0.1, -0.05) is 36.4 Å². The number of aryl methyl sites for hydroxylation is 1. The minimum Gasteiger partial charge on any atom is -0.342 e. The Bertz CT molecular complexity index is 777. The van der Waals surface area contributed by atoms with Gasteiger partial charge in [0.2, 0.25) is 11.8 Å². The fourth-order valence-electron chi connectivity index (χ4n) is 3.32. The molecule has 1 aliphatic heterocycles. The van der Waals surface area contributed by atoms with E-state index < -0.39 is 0 Å². The summed E-state index contributed by atoms with van der Waals surface area (Å²) in [5.74, 6) is 0.229. The quantitative estimate of drug-likeness (QED) is 0.851. The van der Waals surface area contributed by atoms with Gasteiger partial charge in [0.1, 0.15) is 5.82 Å². The van der Waals surface area contributed by atoms with Gasteiger partial charge in [-0.05, 0) is 37.0 Å². The molecule has 0 aliphatic carbocycles. The second-order valence-corrected chi connectivity index (χ2v) is 7.11. The third-order valence-electron chi connectivity index (χ3n) is 4.93. The number of amides is 2. The summed E-state index contributed by atoms with van der Waals surface area (Å²) in [5.41, 5.74) is 8.16. The summed E-state index contributed by atoms with van der Waals surface area (Å²) < 4.78 is 0. The Labute approximate surface area is 159 Å². The molecule has 0 spiro atoms. The van der Waals surface area contributed by atoms with Crippen LogP contribution in [-0.4, -0.2) is 34.8 Å². The van der Waals surface area contributed by atoms with Crippen molar-refractivity contribution in [1.29, 1.82) is 0 Å². The molecule has 2 aromatic rings. The second kappa shape index (κ2) is 8.77. The molecule has 1 aliphatic rings. The highest BCUT2D eigenvalue weighted by Crippen LogP contribution is 2.21. The maximum absolute atomic E-state index is 12.6. The molecule has 0 saturated carbocycles. The average Bonchev–Trinajstić information content (AvgIpc) is 2.70. The fourth-order valence-corrected chi connectivity index (χ4v) is 3.32. The first kappa shape index (κ1) is 19.0. The van der Waals surface area contributed by atoms with Gasteiger partial charge in [-0.2, -0.15) is 0 Å². The minimum atomic E-state index is -0.329. The van der Waals surface area contributed by atoms with Gasteiger partial charge in [0.05, 0.1) is 5.92 Å². The van der Waals surface area contributed by atoms with E-state index >= 15 is 0 Å². The van der Waals surface area contributed by atoms with Gasteiger partial charge in [-0.3, -0.25) is 9.59 Å². The van der Waals surface area contributed by atoms with Crippen molar-refractivity contribution in [3.63, 3.8) is 0 Å². The van der Waals surface area contributed by atoms with Crippen molar-refractivity contribution >= 4 is 17.6 Å². The lowest BCUT2D eigenvalue weighted by molar-refractivity contribution is -0.134. The molecule has 1 saturated heterocycles. The number of hydrogen-bond acceptors (Lipinski definition) is 4. The number of nitrogens with one attached hydrogen (secondary N) is 1. The van der Waals surface area contributed by atoms with Crippen LogP contribution in [0.4, 0.5) is 5.82 Å². The number of carbonyl (C=O) groups is 2. The van der Waals surface area contributed by atoms with Crippen LogP contribution in [-0.2, 0) is 9.59 Å². The van der Waals surface area contributed by atoms with Crippen molar-refractivity contribution in [3.8, 4) is 0 Å². The number of pyridine rings is 1. The molecule has 1 aromatic carbocycles. The highest BCUT2D eigenvalue weighted by molar-refractivity contribution is 5.92. The first-order valence-electron chi connectivity index (χ1n) is 9.35. The Morgan fingerprint density at radius 3 is 2.74 bits per heavy atom. The van der Waals surface area contributed by atoms with Gasteiger partial charge >= 0.3 is 0 Å². The van der Waals surface area contributed by atoms with E-state index in [0.717, 1.165) is 24.0 Å². The first-order chi connectivity index (χ1) is 13.0. The van der Waals surface area contributed by atoms with Crippen molar-refractivity contribution in [1.82, 2.24) is 9.88 Å². The summed E-state index contributed by atoms with van der Waals surface area (Å²) in [6.45, 7) is 3.05. The van der Waals surface area contributed by atoms with Crippen LogP contribution in [0.25, 0.3) is 0 Å². The van der Waals surface area contributed by atoms with Gasteiger partial charge in [0, 0.05) is 31.7 Å². The van der Waals surface area contributed by atoms with E-state index in [1.807, 2.05) is 43.3 Å².